The van der Waals surface area contributed by atoms with E-state index in [4.69, 9.17) is 0 Å². The normalized spacial score (nSPS) is 14.1. The third-order valence-corrected chi connectivity index (χ3v) is 7.46. The molecule has 1 aliphatic rings. The number of nitrogens with zero attached hydrogens (tertiary/aromatic N) is 3. The second-order valence-electron chi connectivity index (χ2n) is 10.0. The molecule has 3 heterocycles. The van der Waals surface area contributed by atoms with Gasteiger partial charge in [0.05, 0.1) is 23.0 Å². The Kier molecular flexibility index (Phi) is 7.16. The van der Waals surface area contributed by atoms with E-state index in [-0.39, 0.29) is 39.6 Å². The number of aromatic nitrogens is 3. The molecule has 0 unspecified atom stereocenters. The van der Waals surface area contributed by atoms with Crippen molar-refractivity contribution < 1.29 is 14.3 Å². The number of halogens is 1. The molecule has 1 amide bonds. The number of fused-ring (bicyclic) bond motifs is 1. The lowest BCUT2D eigenvalue weighted by molar-refractivity contribution is 0.0546. The fourth-order valence-corrected chi connectivity index (χ4v) is 5.16. The molecule has 0 saturated carbocycles. The van der Waals surface area contributed by atoms with Crippen molar-refractivity contribution >= 4 is 28.3 Å². The minimum absolute atomic E-state index is 0.0140. The molecule has 1 fully saturated rings. The quantitative estimate of drug-likeness (QED) is 0.352. The number of hydrogen-bond acceptors (Lipinski definition) is 6. The fraction of sp³-hybridized carbons (Fsp3) is 0.310. The summed E-state index contributed by atoms with van der Waals surface area (Å²) < 4.78 is 17.3. The van der Waals surface area contributed by atoms with Gasteiger partial charge in [-0.15, -0.1) is 0 Å². The number of rotatable bonds is 5. The number of hydrogen-bond donors (Lipinski definition) is 3. The highest BCUT2D eigenvalue weighted by Crippen LogP contribution is 2.27. The van der Waals surface area contributed by atoms with E-state index in [0.29, 0.717) is 37.9 Å². The van der Waals surface area contributed by atoms with Gasteiger partial charge in [-0.1, -0.05) is 19.1 Å². The molecule has 2 aromatic heterocycles. The van der Waals surface area contributed by atoms with E-state index in [1.54, 1.807) is 29.2 Å². The van der Waals surface area contributed by atoms with E-state index in [1.807, 2.05) is 6.92 Å². The molecule has 2 aromatic carbocycles. The van der Waals surface area contributed by atoms with E-state index < -0.39 is 28.7 Å². The van der Waals surface area contributed by atoms with E-state index in [1.165, 1.54) is 41.3 Å². The zero-order valence-corrected chi connectivity index (χ0v) is 22.5. The van der Waals surface area contributed by atoms with Crippen molar-refractivity contribution in [2.75, 3.05) is 18.4 Å². The van der Waals surface area contributed by atoms with Crippen molar-refractivity contribution in [3.8, 4) is 5.69 Å². The first kappa shape index (κ1) is 27.1. The average molecular weight is 548 g/mol. The van der Waals surface area contributed by atoms with Crippen LogP contribution in [0.3, 0.4) is 0 Å². The summed E-state index contributed by atoms with van der Waals surface area (Å²) in [7, 11) is 1.46. The molecule has 4 aromatic rings. The number of H-pyrrole nitrogens is 1. The maximum Gasteiger partial charge on any atom is 0.333 e. The summed E-state index contributed by atoms with van der Waals surface area (Å²) in [6.45, 7) is 4.23. The van der Waals surface area contributed by atoms with Gasteiger partial charge in [0, 0.05) is 31.3 Å². The Morgan fingerprint density at radius 3 is 2.52 bits per heavy atom. The van der Waals surface area contributed by atoms with Gasteiger partial charge in [0.2, 0.25) is 0 Å². The summed E-state index contributed by atoms with van der Waals surface area (Å²) in [5.74, 6) is -0.791. The molecular weight excluding hydrogens is 517 g/mol. The molecule has 11 heteroatoms. The molecule has 40 heavy (non-hydrogen) atoms. The summed E-state index contributed by atoms with van der Waals surface area (Å²) in [5, 5.41) is 12.7. The fourth-order valence-electron chi connectivity index (χ4n) is 5.16. The molecular formula is C29H30FN5O5. The second kappa shape index (κ2) is 10.6. The number of aryl methyl sites for hydroxylation is 2. The van der Waals surface area contributed by atoms with E-state index in [0.717, 1.165) is 5.56 Å². The van der Waals surface area contributed by atoms with Crippen LogP contribution in [-0.4, -0.2) is 49.2 Å². The standard InChI is InChI=1S/C29H30FN5O5/c1-4-17-8-9-22(21(30)14-17)31-25-23-24(16(2)27(38)33(25)3)35(29(40)32-26(23)37)19-7-5-6-18(15-19)28(39)34-12-10-20(36)11-13-34/h5-9,14-15,20,31,36H,4,10-13H2,1-3H3,(H,32,37,40). The molecule has 1 aliphatic heterocycles. The van der Waals surface area contributed by atoms with Gasteiger partial charge < -0.3 is 15.3 Å². The second-order valence-corrected chi connectivity index (χ2v) is 10.0. The van der Waals surface area contributed by atoms with Gasteiger partial charge in [0.15, 0.2) is 0 Å². The summed E-state index contributed by atoms with van der Waals surface area (Å²) in [6, 6.07) is 11.0. The first-order valence-electron chi connectivity index (χ1n) is 13.1. The smallest absolute Gasteiger partial charge is 0.333 e. The van der Waals surface area contributed by atoms with Crippen molar-refractivity contribution in [2.24, 2.45) is 7.05 Å². The van der Waals surface area contributed by atoms with E-state index in [2.05, 4.69) is 10.3 Å². The molecule has 0 radical (unpaired) electrons. The van der Waals surface area contributed by atoms with Gasteiger partial charge in [-0.3, -0.25) is 28.5 Å². The molecule has 0 spiro atoms. The zero-order valence-electron chi connectivity index (χ0n) is 22.5. The lowest BCUT2D eigenvalue weighted by atomic mass is 10.1. The Balaban J connectivity index is 1.70. The first-order chi connectivity index (χ1) is 19.1. The van der Waals surface area contributed by atoms with Crippen LogP contribution in [0.25, 0.3) is 16.6 Å². The minimum atomic E-state index is -0.788. The number of likely N-dealkylation sites (tertiary alicyclic amines) is 1. The summed E-state index contributed by atoms with van der Waals surface area (Å²) in [5.41, 5.74) is -0.399. The summed E-state index contributed by atoms with van der Waals surface area (Å²) in [4.78, 5) is 56.9. The zero-order chi connectivity index (χ0) is 28.7. The molecule has 0 bridgehead atoms. The SMILES string of the molecule is CCc1ccc(Nc2c3c(=O)[nH]c(=O)n(-c4cccc(C(=O)N5CCC(O)CC5)c4)c3c(C)c(=O)n2C)c(F)c1. The Morgan fingerprint density at radius 1 is 1.12 bits per heavy atom. The van der Waals surface area contributed by atoms with Gasteiger partial charge in [-0.05, 0) is 62.1 Å². The van der Waals surface area contributed by atoms with Crippen LogP contribution in [0.4, 0.5) is 15.9 Å². The summed E-state index contributed by atoms with van der Waals surface area (Å²) >= 11 is 0. The maximum absolute atomic E-state index is 14.9. The highest BCUT2D eigenvalue weighted by Gasteiger charge is 2.24. The topological polar surface area (TPSA) is 129 Å². The van der Waals surface area contributed by atoms with Gasteiger partial charge in [0.25, 0.3) is 17.0 Å². The predicted octanol–water partition coefficient (Wildman–Crippen LogP) is 2.73. The highest BCUT2D eigenvalue weighted by molar-refractivity contribution is 5.96. The van der Waals surface area contributed by atoms with Crippen LogP contribution < -0.4 is 22.1 Å². The number of piperidine rings is 1. The summed E-state index contributed by atoms with van der Waals surface area (Å²) in [6.07, 6.45) is 1.16. The lowest BCUT2D eigenvalue weighted by Gasteiger charge is -2.29. The predicted molar refractivity (Wildman–Crippen MR) is 150 cm³/mol. The van der Waals surface area contributed by atoms with Crippen LogP contribution in [0.15, 0.2) is 56.8 Å². The van der Waals surface area contributed by atoms with Crippen molar-refractivity contribution in [3.63, 3.8) is 0 Å². The van der Waals surface area contributed by atoms with Crippen LogP contribution in [-0.2, 0) is 13.5 Å². The van der Waals surface area contributed by atoms with Gasteiger partial charge in [-0.25, -0.2) is 9.18 Å². The van der Waals surface area contributed by atoms with Gasteiger partial charge >= 0.3 is 5.69 Å². The van der Waals surface area contributed by atoms with Crippen molar-refractivity contribution in [3.05, 3.63) is 96.2 Å². The first-order valence-corrected chi connectivity index (χ1v) is 13.1. The molecule has 10 nitrogen and oxygen atoms in total. The lowest BCUT2D eigenvalue weighted by Crippen LogP contribution is -2.40. The molecule has 0 aliphatic carbocycles. The van der Waals surface area contributed by atoms with Crippen LogP contribution in [0.5, 0.6) is 0 Å². The van der Waals surface area contributed by atoms with E-state index >= 15 is 0 Å². The molecule has 0 atom stereocenters. The van der Waals surface area contributed by atoms with Crippen LogP contribution in [0.1, 0.15) is 41.3 Å². The van der Waals surface area contributed by atoms with Crippen molar-refractivity contribution in [2.45, 2.75) is 39.2 Å². The van der Waals surface area contributed by atoms with Crippen LogP contribution in [0, 0.1) is 12.7 Å². The van der Waals surface area contributed by atoms with Gasteiger partial charge in [-0.2, -0.15) is 0 Å². The Labute approximate surface area is 228 Å². The van der Waals surface area contributed by atoms with Crippen molar-refractivity contribution in [1.82, 2.24) is 19.0 Å². The third-order valence-electron chi connectivity index (χ3n) is 7.46. The Hall–Kier alpha value is -4.51. The number of nitrogens with one attached hydrogen (secondary N) is 2. The Morgan fingerprint density at radius 2 is 1.85 bits per heavy atom. The number of aliphatic hydroxyl groups excluding tert-OH is 1. The largest absolute Gasteiger partial charge is 0.393 e. The number of amides is 1. The van der Waals surface area contributed by atoms with Crippen molar-refractivity contribution in [1.29, 1.82) is 0 Å². The maximum atomic E-state index is 14.9. The number of aliphatic hydroxyl groups is 1. The van der Waals surface area contributed by atoms with Crippen LogP contribution in [0.2, 0.25) is 0 Å². The molecule has 208 valence electrons. The molecule has 3 N–H and O–H groups in total. The number of pyridine rings is 1. The Bertz CT molecular complexity index is 1820. The molecule has 5 rings (SSSR count). The average Bonchev–Trinajstić information content (AvgIpc) is 2.95. The molecule has 1 saturated heterocycles. The number of carbonyl (C=O) groups is 1. The monoisotopic (exact) mass is 547 g/mol. The van der Waals surface area contributed by atoms with E-state index in [9.17, 15) is 28.7 Å². The number of carbonyl (C=O) groups excluding carboxylic acids is 1. The number of anilines is 2. The number of aromatic amines is 1. The van der Waals surface area contributed by atoms with Gasteiger partial charge in [0.1, 0.15) is 17.0 Å². The van der Waals surface area contributed by atoms with Crippen LogP contribution >= 0.6 is 0 Å². The minimum Gasteiger partial charge on any atom is -0.393 e. The third kappa shape index (κ3) is 4.73. The number of benzene rings is 2. The highest BCUT2D eigenvalue weighted by atomic mass is 19.1.